The van der Waals surface area contributed by atoms with E-state index in [4.69, 9.17) is 15.3 Å². The van der Waals surface area contributed by atoms with Crippen LogP contribution in [0.1, 0.15) is 12.7 Å². The molecule has 2 atom stereocenters. The predicted octanol–water partition coefficient (Wildman–Crippen LogP) is -0.307. The molecule has 0 bridgehead atoms. The maximum Gasteiger partial charge on any atom is 0.110 e. The summed E-state index contributed by atoms with van der Waals surface area (Å²) >= 11 is 0. The molecule has 2 rings (SSSR count). The molecule has 0 amide bonds. The van der Waals surface area contributed by atoms with Gasteiger partial charge >= 0.3 is 0 Å². The first-order valence-corrected chi connectivity index (χ1v) is 6.00. The quantitative estimate of drug-likeness (QED) is 0.545. The minimum atomic E-state index is -0.00393. The van der Waals surface area contributed by atoms with Crippen molar-refractivity contribution < 1.29 is 9.47 Å². The maximum atomic E-state index is 5.65. The van der Waals surface area contributed by atoms with Gasteiger partial charge in [0.2, 0.25) is 0 Å². The molecular formula is C11H20N4O2. The Bertz CT molecular complexity index is 336. The zero-order valence-electron chi connectivity index (χ0n) is 10.1. The molecule has 0 aliphatic carbocycles. The average molecular weight is 240 g/mol. The summed E-state index contributed by atoms with van der Waals surface area (Å²) in [6, 6.07) is 0.0306. The summed E-state index contributed by atoms with van der Waals surface area (Å²) in [5, 5.41) is 0. The van der Waals surface area contributed by atoms with Crippen LogP contribution in [0.5, 0.6) is 0 Å². The minimum absolute atomic E-state index is 0.00393. The largest absolute Gasteiger partial charge is 0.376 e. The Hall–Kier alpha value is -0.950. The molecule has 3 N–H and O–H groups in total. The van der Waals surface area contributed by atoms with E-state index in [0.29, 0.717) is 19.8 Å². The van der Waals surface area contributed by atoms with Crippen LogP contribution in [0.2, 0.25) is 0 Å². The predicted molar refractivity (Wildman–Crippen MR) is 63.3 cm³/mol. The van der Waals surface area contributed by atoms with E-state index in [1.807, 2.05) is 12.4 Å². The van der Waals surface area contributed by atoms with Crippen LogP contribution in [-0.4, -0.2) is 41.5 Å². The Morgan fingerprint density at radius 2 is 2.53 bits per heavy atom. The van der Waals surface area contributed by atoms with Gasteiger partial charge in [0, 0.05) is 25.4 Å². The molecule has 2 unspecified atom stereocenters. The molecule has 1 aromatic rings. The van der Waals surface area contributed by atoms with E-state index in [1.165, 1.54) is 0 Å². The highest BCUT2D eigenvalue weighted by atomic mass is 16.6. The zero-order chi connectivity index (χ0) is 12.1. The molecule has 0 spiro atoms. The van der Waals surface area contributed by atoms with Gasteiger partial charge in [-0.25, -0.2) is 4.98 Å². The molecule has 6 nitrogen and oxygen atoms in total. The normalized spacial score (nSPS) is 22.6. The van der Waals surface area contributed by atoms with Crippen LogP contribution in [0.3, 0.4) is 0 Å². The molecule has 1 saturated heterocycles. The lowest BCUT2D eigenvalue weighted by Gasteiger charge is -2.29. The van der Waals surface area contributed by atoms with E-state index in [2.05, 4.69) is 21.9 Å². The summed E-state index contributed by atoms with van der Waals surface area (Å²) in [5.41, 5.74) is 2.80. The fraction of sp³-hybridized carbons (Fsp3) is 0.727. The van der Waals surface area contributed by atoms with Crippen molar-refractivity contribution in [1.82, 2.24) is 15.0 Å². The lowest BCUT2D eigenvalue weighted by Crippen LogP contribution is -2.50. The molecule has 6 heteroatoms. The van der Waals surface area contributed by atoms with Gasteiger partial charge < -0.3 is 14.0 Å². The average Bonchev–Trinajstić information content (AvgIpc) is 2.84. The van der Waals surface area contributed by atoms with Crippen LogP contribution < -0.4 is 11.3 Å². The SMILES string of the molecule is CCn1ccnc1CC(NN)C1COCCO1. The molecule has 17 heavy (non-hydrogen) atoms. The molecule has 1 aliphatic rings. The van der Waals surface area contributed by atoms with Gasteiger partial charge in [0.15, 0.2) is 0 Å². The van der Waals surface area contributed by atoms with E-state index in [0.717, 1.165) is 18.8 Å². The van der Waals surface area contributed by atoms with Crippen LogP contribution in [-0.2, 0) is 22.4 Å². The van der Waals surface area contributed by atoms with E-state index < -0.39 is 0 Å². The molecular weight excluding hydrogens is 220 g/mol. The summed E-state index contributed by atoms with van der Waals surface area (Å²) in [7, 11) is 0. The molecule has 0 saturated carbocycles. The number of hydrogen-bond donors (Lipinski definition) is 2. The summed E-state index contributed by atoms with van der Waals surface area (Å²) in [6.07, 6.45) is 4.52. The number of nitrogens with zero attached hydrogens (tertiary/aromatic N) is 2. The van der Waals surface area contributed by atoms with Crippen molar-refractivity contribution in [1.29, 1.82) is 0 Å². The monoisotopic (exact) mass is 240 g/mol. The summed E-state index contributed by atoms with van der Waals surface area (Å²) in [5.74, 6) is 6.61. The Kier molecular flexibility index (Phi) is 4.49. The van der Waals surface area contributed by atoms with Crippen LogP contribution in [0.15, 0.2) is 12.4 Å². The molecule has 0 radical (unpaired) electrons. The first-order valence-electron chi connectivity index (χ1n) is 6.00. The lowest BCUT2D eigenvalue weighted by atomic mass is 10.1. The first-order chi connectivity index (χ1) is 8.35. The maximum absolute atomic E-state index is 5.65. The van der Waals surface area contributed by atoms with Gasteiger partial charge in [0.05, 0.1) is 32.0 Å². The second-order valence-electron chi connectivity index (χ2n) is 4.09. The zero-order valence-corrected chi connectivity index (χ0v) is 10.1. The fourth-order valence-corrected chi connectivity index (χ4v) is 2.05. The summed E-state index contributed by atoms with van der Waals surface area (Å²) < 4.78 is 13.1. The topological polar surface area (TPSA) is 74.3 Å². The number of imidazole rings is 1. The summed E-state index contributed by atoms with van der Waals surface area (Å²) in [6.45, 7) is 4.88. The van der Waals surface area contributed by atoms with Crippen molar-refractivity contribution in [2.24, 2.45) is 5.84 Å². The van der Waals surface area contributed by atoms with E-state index >= 15 is 0 Å². The van der Waals surface area contributed by atoms with Gasteiger partial charge in [0.25, 0.3) is 0 Å². The number of nitrogens with two attached hydrogens (primary N) is 1. The van der Waals surface area contributed by atoms with Crippen LogP contribution in [0.25, 0.3) is 0 Å². The Balaban J connectivity index is 1.98. The van der Waals surface area contributed by atoms with Gasteiger partial charge in [-0.15, -0.1) is 0 Å². The number of ether oxygens (including phenoxy) is 2. The number of aromatic nitrogens is 2. The fourth-order valence-electron chi connectivity index (χ4n) is 2.05. The third-order valence-electron chi connectivity index (χ3n) is 3.05. The standard InChI is InChI=1S/C11H20N4O2/c1-2-15-4-3-13-11(15)7-9(14-12)10-8-16-5-6-17-10/h3-4,9-10,14H,2,5-8,12H2,1H3. The van der Waals surface area contributed by atoms with E-state index in [9.17, 15) is 0 Å². The smallest absolute Gasteiger partial charge is 0.110 e. The minimum Gasteiger partial charge on any atom is -0.376 e. The van der Waals surface area contributed by atoms with E-state index in [-0.39, 0.29) is 12.1 Å². The summed E-state index contributed by atoms with van der Waals surface area (Å²) in [4.78, 5) is 4.34. The van der Waals surface area contributed by atoms with Crippen molar-refractivity contribution >= 4 is 0 Å². The number of hydrazine groups is 1. The third-order valence-corrected chi connectivity index (χ3v) is 3.05. The van der Waals surface area contributed by atoms with Crippen LogP contribution in [0, 0.1) is 0 Å². The van der Waals surface area contributed by atoms with Crippen molar-refractivity contribution in [2.45, 2.75) is 32.0 Å². The van der Waals surface area contributed by atoms with Gasteiger partial charge in [-0.3, -0.25) is 11.3 Å². The highest BCUT2D eigenvalue weighted by molar-refractivity contribution is 4.97. The molecule has 96 valence electrons. The number of aryl methyl sites for hydroxylation is 1. The van der Waals surface area contributed by atoms with Gasteiger partial charge in [0.1, 0.15) is 5.82 Å². The highest BCUT2D eigenvalue weighted by Gasteiger charge is 2.25. The highest BCUT2D eigenvalue weighted by Crippen LogP contribution is 2.10. The number of hydrogen-bond acceptors (Lipinski definition) is 5. The van der Waals surface area contributed by atoms with Crippen LogP contribution >= 0.6 is 0 Å². The molecule has 1 aromatic heterocycles. The molecule has 1 fully saturated rings. The molecule has 1 aliphatic heterocycles. The van der Waals surface area contributed by atoms with Crippen molar-refractivity contribution in [2.75, 3.05) is 19.8 Å². The van der Waals surface area contributed by atoms with Crippen LogP contribution in [0.4, 0.5) is 0 Å². The van der Waals surface area contributed by atoms with E-state index in [1.54, 1.807) is 0 Å². The van der Waals surface area contributed by atoms with Crippen molar-refractivity contribution in [3.05, 3.63) is 18.2 Å². The second-order valence-corrected chi connectivity index (χ2v) is 4.09. The molecule has 0 aromatic carbocycles. The van der Waals surface area contributed by atoms with Gasteiger partial charge in [-0.2, -0.15) is 0 Å². The van der Waals surface area contributed by atoms with Crippen molar-refractivity contribution in [3.63, 3.8) is 0 Å². The first kappa shape index (κ1) is 12.5. The van der Waals surface area contributed by atoms with Gasteiger partial charge in [-0.05, 0) is 6.92 Å². The number of rotatable bonds is 5. The Morgan fingerprint density at radius 3 is 3.18 bits per heavy atom. The molecule has 2 heterocycles. The second kappa shape index (κ2) is 6.11. The van der Waals surface area contributed by atoms with Crippen molar-refractivity contribution in [3.8, 4) is 0 Å². The number of nitrogens with one attached hydrogen (secondary N) is 1. The third kappa shape index (κ3) is 3.04. The lowest BCUT2D eigenvalue weighted by molar-refractivity contribution is -0.101. The Labute approximate surface area is 101 Å². The van der Waals surface area contributed by atoms with Gasteiger partial charge in [-0.1, -0.05) is 0 Å². The Morgan fingerprint density at radius 1 is 1.65 bits per heavy atom.